The van der Waals surface area contributed by atoms with Crippen molar-refractivity contribution in [3.63, 3.8) is 0 Å². The standard InChI is InChI=1S/C17H21NO5/c1-23-17(22)14(12-8-5-9-13(19)10-12)18-16(21)15(20)11-6-3-2-4-7-11/h2-4,6-7,12,14-15,20H,5,8-10H2,1H3,(H,18,21)/t12-,14-,15-/m0/s1. The highest BCUT2D eigenvalue weighted by Crippen LogP contribution is 2.25. The summed E-state index contributed by atoms with van der Waals surface area (Å²) in [5.74, 6) is -1.49. The van der Waals surface area contributed by atoms with Crippen molar-refractivity contribution >= 4 is 17.7 Å². The number of rotatable bonds is 5. The molecule has 0 aliphatic heterocycles. The maximum absolute atomic E-state index is 12.2. The molecule has 1 aromatic carbocycles. The van der Waals surface area contributed by atoms with Crippen LogP contribution in [0.1, 0.15) is 37.4 Å². The van der Waals surface area contributed by atoms with E-state index in [1.807, 2.05) is 0 Å². The molecule has 0 bridgehead atoms. The molecule has 0 unspecified atom stereocenters. The van der Waals surface area contributed by atoms with Gasteiger partial charge < -0.3 is 15.2 Å². The SMILES string of the molecule is COC(=O)[C@@H](NC(=O)[C@@H](O)c1ccccc1)[C@H]1CCCC(=O)C1. The van der Waals surface area contributed by atoms with Gasteiger partial charge in [0.1, 0.15) is 11.8 Å². The summed E-state index contributed by atoms with van der Waals surface area (Å²) in [6, 6.07) is 7.53. The monoisotopic (exact) mass is 319 g/mol. The molecule has 1 aliphatic carbocycles. The minimum absolute atomic E-state index is 0.0769. The van der Waals surface area contributed by atoms with Crippen molar-refractivity contribution in [2.45, 2.75) is 37.8 Å². The highest BCUT2D eigenvalue weighted by Gasteiger charge is 2.35. The Bertz CT molecular complexity index is 572. The van der Waals surface area contributed by atoms with Gasteiger partial charge in [-0.2, -0.15) is 0 Å². The number of benzene rings is 1. The van der Waals surface area contributed by atoms with Crippen LogP contribution in [0.4, 0.5) is 0 Å². The first-order valence-electron chi connectivity index (χ1n) is 7.66. The van der Waals surface area contributed by atoms with Crippen LogP contribution < -0.4 is 5.32 Å². The minimum atomic E-state index is -1.37. The van der Waals surface area contributed by atoms with Crippen LogP contribution in [0.3, 0.4) is 0 Å². The first-order chi connectivity index (χ1) is 11.0. The van der Waals surface area contributed by atoms with Crippen molar-refractivity contribution < 1.29 is 24.2 Å². The van der Waals surface area contributed by atoms with E-state index in [-0.39, 0.29) is 18.1 Å². The topological polar surface area (TPSA) is 92.7 Å². The number of aliphatic hydroxyl groups excluding tert-OH is 1. The maximum Gasteiger partial charge on any atom is 0.328 e. The quantitative estimate of drug-likeness (QED) is 0.794. The summed E-state index contributed by atoms with van der Waals surface area (Å²) in [4.78, 5) is 35.8. The summed E-state index contributed by atoms with van der Waals surface area (Å²) in [5, 5.41) is 12.7. The normalized spacial score (nSPS) is 20.4. The summed E-state index contributed by atoms with van der Waals surface area (Å²) >= 11 is 0. The lowest BCUT2D eigenvalue weighted by Crippen LogP contribution is -2.49. The van der Waals surface area contributed by atoms with E-state index < -0.39 is 24.0 Å². The third-order valence-electron chi connectivity index (χ3n) is 4.11. The molecule has 0 aromatic heterocycles. The van der Waals surface area contributed by atoms with E-state index in [0.29, 0.717) is 24.8 Å². The number of hydrogen-bond donors (Lipinski definition) is 2. The van der Waals surface area contributed by atoms with Gasteiger partial charge in [0.05, 0.1) is 7.11 Å². The fourth-order valence-corrected chi connectivity index (χ4v) is 2.86. The van der Waals surface area contributed by atoms with Crippen molar-refractivity contribution in [3.05, 3.63) is 35.9 Å². The van der Waals surface area contributed by atoms with Crippen LogP contribution in [0.15, 0.2) is 30.3 Å². The molecule has 1 fully saturated rings. The molecule has 0 heterocycles. The number of ketones is 1. The molecule has 6 nitrogen and oxygen atoms in total. The first kappa shape index (κ1) is 17.1. The Morgan fingerprint density at radius 2 is 2.00 bits per heavy atom. The lowest BCUT2D eigenvalue weighted by atomic mass is 9.83. The second kappa shape index (κ2) is 7.87. The maximum atomic E-state index is 12.2. The minimum Gasteiger partial charge on any atom is -0.467 e. The number of Topliss-reactive ketones (excluding diaryl/α,β-unsaturated/α-hetero) is 1. The van der Waals surface area contributed by atoms with Gasteiger partial charge in [-0.05, 0) is 24.3 Å². The molecule has 124 valence electrons. The summed E-state index contributed by atoms with van der Waals surface area (Å²) in [5.41, 5.74) is 0.438. The van der Waals surface area contributed by atoms with E-state index in [1.165, 1.54) is 7.11 Å². The van der Waals surface area contributed by atoms with Gasteiger partial charge in [-0.3, -0.25) is 9.59 Å². The Morgan fingerprint density at radius 1 is 1.30 bits per heavy atom. The van der Waals surface area contributed by atoms with Crippen LogP contribution in [-0.2, 0) is 19.1 Å². The molecule has 3 atom stereocenters. The van der Waals surface area contributed by atoms with Crippen LogP contribution in [-0.4, -0.2) is 35.9 Å². The van der Waals surface area contributed by atoms with Gasteiger partial charge in [0, 0.05) is 12.8 Å². The number of ether oxygens (including phenoxy) is 1. The van der Waals surface area contributed by atoms with E-state index in [1.54, 1.807) is 30.3 Å². The zero-order chi connectivity index (χ0) is 16.8. The molecule has 1 aliphatic rings. The second-order valence-electron chi connectivity index (χ2n) is 5.72. The third kappa shape index (κ3) is 4.39. The number of hydrogen-bond acceptors (Lipinski definition) is 5. The molecular weight excluding hydrogens is 298 g/mol. The molecule has 1 amide bonds. The van der Waals surface area contributed by atoms with Gasteiger partial charge in [0.25, 0.3) is 5.91 Å². The van der Waals surface area contributed by atoms with E-state index in [9.17, 15) is 19.5 Å². The van der Waals surface area contributed by atoms with Crippen molar-refractivity contribution in [1.29, 1.82) is 0 Å². The van der Waals surface area contributed by atoms with Crippen LogP contribution in [0.2, 0.25) is 0 Å². The van der Waals surface area contributed by atoms with Crippen molar-refractivity contribution in [1.82, 2.24) is 5.32 Å². The zero-order valence-electron chi connectivity index (χ0n) is 13.0. The Morgan fingerprint density at radius 3 is 2.61 bits per heavy atom. The predicted octanol–water partition coefficient (Wildman–Crippen LogP) is 1.14. The molecule has 1 saturated carbocycles. The number of nitrogens with one attached hydrogen (secondary N) is 1. The van der Waals surface area contributed by atoms with E-state index in [2.05, 4.69) is 5.32 Å². The summed E-state index contributed by atoms with van der Waals surface area (Å²) in [6.07, 6.45) is 0.719. The average Bonchev–Trinajstić information content (AvgIpc) is 2.58. The van der Waals surface area contributed by atoms with Crippen molar-refractivity contribution in [3.8, 4) is 0 Å². The van der Waals surface area contributed by atoms with E-state index >= 15 is 0 Å². The lowest BCUT2D eigenvalue weighted by Gasteiger charge is -2.29. The molecule has 1 aromatic rings. The molecule has 2 N–H and O–H groups in total. The molecule has 0 saturated heterocycles. The van der Waals surface area contributed by atoms with Crippen LogP contribution >= 0.6 is 0 Å². The van der Waals surface area contributed by atoms with E-state index in [4.69, 9.17) is 4.74 Å². The molecule has 6 heteroatoms. The number of aliphatic hydroxyl groups is 1. The zero-order valence-corrected chi connectivity index (χ0v) is 13.0. The van der Waals surface area contributed by atoms with Gasteiger partial charge >= 0.3 is 5.97 Å². The molecule has 0 spiro atoms. The fourth-order valence-electron chi connectivity index (χ4n) is 2.86. The van der Waals surface area contributed by atoms with Crippen molar-refractivity contribution in [2.75, 3.05) is 7.11 Å². The predicted molar refractivity (Wildman–Crippen MR) is 82.3 cm³/mol. The summed E-state index contributed by atoms with van der Waals surface area (Å²) in [6.45, 7) is 0. The highest BCUT2D eigenvalue weighted by atomic mass is 16.5. The molecular formula is C17H21NO5. The number of carbonyl (C=O) groups excluding carboxylic acids is 3. The summed E-state index contributed by atoms with van der Waals surface area (Å²) in [7, 11) is 1.24. The Kier molecular flexibility index (Phi) is 5.87. The van der Waals surface area contributed by atoms with Crippen LogP contribution in [0, 0.1) is 5.92 Å². The molecule has 0 radical (unpaired) electrons. The van der Waals surface area contributed by atoms with Gasteiger partial charge in [-0.15, -0.1) is 0 Å². The fraction of sp³-hybridized carbons (Fsp3) is 0.471. The van der Waals surface area contributed by atoms with Gasteiger partial charge in [-0.25, -0.2) is 4.79 Å². The van der Waals surface area contributed by atoms with Crippen LogP contribution in [0.25, 0.3) is 0 Å². The van der Waals surface area contributed by atoms with E-state index in [0.717, 1.165) is 0 Å². The lowest BCUT2D eigenvalue weighted by molar-refractivity contribution is -0.148. The van der Waals surface area contributed by atoms with Crippen LogP contribution in [0.5, 0.6) is 0 Å². The second-order valence-corrected chi connectivity index (χ2v) is 5.72. The number of carbonyl (C=O) groups is 3. The number of methoxy groups -OCH3 is 1. The van der Waals surface area contributed by atoms with Gasteiger partial charge in [-0.1, -0.05) is 30.3 Å². The third-order valence-corrected chi connectivity index (χ3v) is 4.11. The molecule has 23 heavy (non-hydrogen) atoms. The Balaban J connectivity index is 2.09. The Hall–Kier alpha value is -2.21. The smallest absolute Gasteiger partial charge is 0.328 e. The molecule has 2 rings (SSSR count). The van der Waals surface area contributed by atoms with Crippen molar-refractivity contribution in [2.24, 2.45) is 5.92 Å². The number of amides is 1. The average molecular weight is 319 g/mol. The Labute approximate surface area is 134 Å². The largest absolute Gasteiger partial charge is 0.467 e. The van der Waals surface area contributed by atoms with Gasteiger partial charge in [0.15, 0.2) is 6.10 Å². The highest BCUT2D eigenvalue weighted by molar-refractivity contribution is 5.88. The van der Waals surface area contributed by atoms with Gasteiger partial charge in [0.2, 0.25) is 0 Å². The number of esters is 1. The first-order valence-corrected chi connectivity index (χ1v) is 7.66. The summed E-state index contributed by atoms with van der Waals surface area (Å²) < 4.78 is 4.74.